The largest absolute Gasteiger partial charge is 0.488 e. The van der Waals surface area contributed by atoms with E-state index in [4.69, 9.17) is 14.5 Å². The molecule has 1 saturated carbocycles. The predicted octanol–water partition coefficient (Wildman–Crippen LogP) is 6.55. The Hall–Kier alpha value is -3.37. The van der Waals surface area contributed by atoms with E-state index in [1.165, 1.54) is 5.56 Å². The highest BCUT2D eigenvalue weighted by atomic mass is 16.5. The van der Waals surface area contributed by atoms with E-state index < -0.39 is 5.60 Å². The Kier molecular flexibility index (Phi) is 6.50. The molecule has 0 saturated heterocycles. The molecule has 0 unspecified atom stereocenters. The van der Waals surface area contributed by atoms with Crippen LogP contribution in [0.25, 0.3) is 10.9 Å². The number of para-hydroxylation sites is 1. The Balaban J connectivity index is 1.29. The molecule has 0 amide bonds. The molecular formula is C30H31NO3. The molecule has 1 aliphatic rings. The van der Waals surface area contributed by atoms with Crippen molar-refractivity contribution in [1.82, 2.24) is 4.98 Å². The van der Waals surface area contributed by atoms with Crippen molar-refractivity contribution in [2.24, 2.45) is 0 Å². The maximum atomic E-state index is 10.3. The monoisotopic (exact) mass is 453 g/mol. The molecule has 4 aromatic rings. The quantitative estimate of drug-likeness (QED) is 0.312. The normalized spacial score (nSPS) is 14.5. The number of aliphatic hydroxyl groups is 1. The van der Waals surface area contributed by atoms with Crippen LogP contribution in [0.15, 0.2) is 78.9 Å². The van der Waals surface area contributed by atoms with Gasteiger partial charge in [0.25, 0.3) is 0 Å². The van der Waals surface area contributed by atoms with Crippen LogP contribution in [0.4, 0.5) is 0 Å². The first-order valence-electron chi connectivity index (χ1n) is 12.1. The number of ether oxygens (including phenoxy) is 2. The second-order valence-corrected chi connectivity index (χ2v) is 9.31. The number of hydrogen-bond acceptors (Lipinski definition) is 4. The summed E-state index contributed by atoms with van der Waals surface area (Å²) in [6, 6.07) is 26.5. The number of benzene rings is 3. The fourth-order valence-electron chi connectivity index (χ4n) is 4.50. The summed E-state index contributed by atoms with van der Waals surface area (Å²) in [7, 11) is 0. The number of aryl methyl sites for hydroxylation is 1. The summed E-state index contributed by atoms with van der Waals surface area (Å²) < 4.78 is 12.4. The summed E-state index contributed by atoms with van der Waals surface area (Å²) in [6.45, 7) is 2.93. The Morgan fingerprint density at radius 2 is 1.56 bits per heavy atom. The van der Waals surface area contributed by atoms with Crippen molar-refractivity contribution in [3.63, 3.8) is 0 Å². The van der Waals surface area contributed by atoms with Crippen molar-refractivity contribution in [3.8, 4) is 11.5 Å². The maximum absolute atomic E-state index is 10.3. The zero-order chi connectivity index (χ0) is 23.4. The molecule has 1 aliphatic carbocycles. The van der Waals surface area contributed by atoms with E-state index >= 15 is 0 Å². The second kappa shape index (κ2) is 9.86. The first-order valence-corrected chi connectivity index (χ1v) is 12.1. The number of fused-ring (bicyclic) bond motifs is 1. The summed E-state index contributed by atoms with van der Waals surface area (Å²) in [5.74, 6) is 1.67. The Morgan fingerprint density at radius 1 is 0.824 bits per heavy atom. The van der Waals surface area contributed by atoms with Gasteiger partial charge in [0.2, 0.25) is 0 Å². The fourth-order valence-corrected chi connectivity index (χ4v) is 4.50. The third-order valence-corrected chi connectivity index (χ3v) is 6.87. The average Bonchev–Trinajstić information content (AvgIpc) is 2.86. The number of aromatic nitrogens is 1. The molecule has 1 fully saturated rings. The Morgan fingerprint density at radius 3 is 2.29 bits per heavy atom. The zero-order valence-electron chi connectivity index (χ0n) is 19.7. The SMILES string of the molecule is Cc1c(COc2ccc(CCC3(O)CCC3)cc2)nc2ccccc2c1OCc1ccccc1. The van der Waals surface area contributed by atoms with E-state index in [0.717, 1.165) is 71.3 Å². The topological polar surface area (TPSA) is 51.6 Å². The van der Waals surface area contributed by atoms with Crippen LogP contribution < -0.4 is 9.47 Å². The minimum atomic E-state index is -0.436. The van der Waals surface area contributed by atoms with Crippen LogP contribution in [-0.4, -0.2) is 15.7 Å². The van der Waals surface area contributed by atoms with Crippen molar-refractivity contribution in [2.45, 2.75) is 57.8 Å². The van der Waals surface area contributed by atoms with Gasteiger partial charge in [0, 0.05) is 10.9 Å². The van der Waals surface area contributed by atoms with Gasteiger partial charge >= 0.3 is 0 Å². The van der Waals surface area contributed by atoms with Crippen LogP contribution in [0.3, 0.4) is 0 Å². The van der Waals surface area contributed by atoms with Crippen molar-refractivity contribution in [2.75, 3.05) is 0 Å². The van der Waals surface area contributed by atoms with E-state index in [9.17, 15) is 5.11 Å². The lowest BCUT2D eigenvalue weighted by atomic mass is 9.76. The van der Waals surface area contributed by atoms with Crippen LogP contribution in [0.2, 0.25) is 0 Å². The summed E-state index contributed by atoms with van der Waals surface area (Å²) in [4.78, 5) is 4.86. The van der Waals surface area contributed by atoms with Gasteiger partial charge in [0.15, 0.2) is 0 Å². The molecule has 5 rings (SSSR count). The van der Waals surface area contributed by atoms with E-state index in [2.05, 4.69) is 30.3 Å². The molecular weight excluding hydrogens is 422 g/mol. The van der Waals surface area contributed by atoms with Gasteiger partial charge < -0.3 is 14.6 Å². The van der Waals surface area contributed by atoms with Crippen molar-refractivity contribution < 1.29 is 14.6 Å². The molecule has 0 atom stereocenters. The highest BCUT2D eigenvalue weighted by molar-refractivity contribution is 5.86. The highest BCUT2D eigenvalue weighted by Gasteiger charge is 2.33. The van der Waals surface area contributed by atoms with Gasteiger partial charge in [-0.25, -0.2) is 4.98 Å². The highest BCUT2D eigenvalue weighted by Crippen LogP contribution is 2.36. The van der Waals surface area contributed by atoms with E-state index in [1.807, 2.05) is 55.5 Å². The second-order valence-electron chi connectivity index (χ2n) is 9.31. The lowest BCUT2D eigenvalue weighted by Gasteiger charge is -2.36. The molecule has 3 aromatic carbocycles. The number of hydrogen-bond donors (Lipinski definition) is 1. The van der Waals surface area contributed by atoms with Gasteiger partial charge in [0.1, 0.15) is 24.7 Å². The lowest BCUT2D eigenvalue weighted by Crippen LogP contribution is -2.36. The number of nitrogens with zero attached hydrogens (tertiary/aromatic N) is 1. The van der Waals surface area contributed by atoms with Crippen LogP contribution in [0.1, 0.15) is 48.1 Å². The van der Waals surface area contributed by atoms with Crippen LogP contribution in [0.5, 0.6) is 11.5 Å². The van der Waals surface area contributed by atoms with Crippen LogP contribution in [0, 0.1) is 6.92 Å². The Bertz CT molecular complexity index is 1250. The summed E-state index contributed by atoms with van der Waals surface area (Å²) in [5.41, 5.74) is 4.70. The van der Waals surface area contributed by atoms with Crippen LogP contribution in [-0.2, 0) is 19.6 Å². The molecule has 0 radical (unpaired) electrons. The minimum Gasteiger partial charge on any atom is -0.488 e. The maximum Gasteiger partial charge on any atom is 0.134 e. The van der Waals surface area contributed by atoms with Crippen molar-refractivity contribution >= 4 is 10.9 Å². The average molecular weight is 454 g/mol. The smallest absolute Gasteiger partial charge is 0.134 e. The van der Waals surface area contributed by atoms with Gasteiger partial charge in [-0.3, -0.25) is 0 Å². The molecule has 1 aromatic heterocycles. The van der Waals surface area contributed by atoms with Gasteiger partial charge in [0.05, 0.1) is 16.8 Å². The van der Waals surface area contributed by atoms with Crippen molar-refractivity contribution in [3.05, 3.63) is 101 Å². The third-order valence-electron chi connectivity index (χ3n) is 6.87. The minimum absolute atomic E-state index is 0.372. The van der Waals surface area contributed by atoms with Gasteiger partial charge in [-0.15, -0.1) is 0 Å². The van der Waals surface area contributed by atoms with Crippen LogP contribution >= 0.6 is 0 Å². The lowest BCUT2D eigenvalue weighted by molar-refractivity contribution is -0.0397. The summed E-state index contributed by atoms with van der Waals surface area (Å²) >= 11 is 0. The first kappa shape index (κ1) is 22.4. The molecule has 174 valence electrons. The molecule has 0 spiro atoms. The number of rotatable bonds is 9. The molecule has 0 bridgehead atoms. The molecule has 34 heavy (non-hydrogen) atoms. The molecule has 4 heteroatoms. The molecule has 1 heterocycles. The summed E-state index contributed by atoms with van der Waals surface area (Å²) in [5, 5.41) is 11.3. The molecule has 0 aliphatic heterocycles. The fraction of sp³-hybridized carbons (Fsp3) is 0.300. The standard InChI is InChI=1S/C30H31NO3/c1-22-28(21-33-25-14-12-23(13-15-25)16-19-30(32)17-7-18-30)31-27-11-6-5-10-26(27)29(22)34-20-24-8-3-2-4-9-24/h2-6,8-15,32H,7,16-21H2,1H3. The molecule has 1 N–H and O–H groups in total. The molecule has 4 nitrogen and oxygen atoms in total. The Labute approximate surface area is 201 Å². The van der Waals surface area contributed by atoms with Gasteiger partial charge in [-0.2, -0.15) is 0 Å². The predicted molar refractivity (Wildman–Crippen MR) is 135 cm³/mol. The van der Waals surface area contributed by atoms with E-state index in [0.29, 0.717) is 13.2 Å². The van der Waals surface area contributed by atoms with Gasteiger partial charge in [-0.05, 0) is 74.4 Å². The zero-order valence-corrected chi connectivity index (χ0v) is 19.7. The van der Waals surface area contributed by atoms with E-state index in [1.54, 1.807) is 0 Å². The third kappa shape index (κ3) is 5.07. The van der Waals surface area contributed by atoms with E-state index in [-0.39, 0.29) is 0 Å². The summed E-state index contributed by atoms with van der Waals surface area (Å²) in [6.07, 6.45) is 4.74. The first-order chi connectivity index (χ1) is 16.6. The van der Waals surface area contributed by atoms with Crippen molar-refractivity contribution in [1.29, 1.82) is 0 Å². The number of pyridine rings is 1. The van der Waals surface area contributed by atoms with Gasteiger partial charge in [-0.1, -0.05) is 54.6 Å².